The average Bonchev–Trinajstić information content (AvgIpc) is 2.25. The van der Waals surface area contributed by atoms with Crippen molar-refractivity contribution in [1.29, 1.82) is 0 Å². The molecule has 0 aliphatic rings. The highest BCUT2D eigenvalue weighted by molar-refractivity contribution is 5.78. The fourth-order valence-electron chi connectivity index (χ4n) is 0.834. The number of ether oxygens (including phenoxy) is 1. The van der Waals surface area contributed by atoms with Crippen molar-refractivity contribution in [3.05, 3.63) is 30.3 Å². The van der Waals surface area contributed by atoms with Gasteiger partial charge in [-0.2, -0.15) is 5.10 Å². The van der Waals surface area contributed by atoms with E-state index in [2.05, 4.69) is 10.5 Å². The van der Waals surface area contributed by atoms with Crippen molar-refractivity contribution < 1.29 is 9.53 Å². The van der Waals surface area contributed by atoms with Crippen LogP contribution in [0.15, 0.2) is 35.4 Å². The quantitative estimate of drug-likeness (QED) is 0.575. The van der Waals surface area contributed by atoms with E-state index in [1.807, 2.05) is 18.2 Å². The highest BCUT2D eigenvalue weighted by Crippen LogP contribution is 2.07. The largest absolute Gasteiger partial charge is 0.484 e. The first-order valence-corrected chi connectivity index (χ1v) is 4.27. The highest BCUT2D eigenvalue weighted by Gasteiger charge is 1.99. The molecule has 1 amide bonds. The monoisotopic (exact) mass is 192 g/mol. The van der Waals surface area contributed by atoms with Gasteiger partial charge in [0.05, 0.1) is 0 Å². The number of hydrogen-bond donors (Lipinski definition) is 1. The zero-order valence-corrected chi connectivity index (χ0v) is 7.93. The van der Waals surface area contributed by atoms with Crippen molar-refractivity contribution >= 4 is 12.1 Å². The SMILES string of the molecule is C/C=N/NC(=O)COc1ccccc1. The molecule has 0 heterocycles. The molecule has 0 saturated carbocycles. The summed E-state index contributed by atoms with van der Waals surface area (Å²) in [4.78, 5) is 11.0. The number of benzene rings is 1. The van der Waals surface area contributed by atoms with Crippen molar-refractivity contribution in [3.63, 3.8) is 0 Å². The molecule has 0 aliphatic carbocycles. The Labute approximate surface area is 82.6 Å². The highest BCUT2D eigenvalue weighted by atomic mass is 16.5. The van der Waals surface area contributed by atoms with Crippen molar-refractivity contribution in [3.8, 4) is 5.75 Å². The van der Waals surface area contributed by atoms with Crippen LogP contribution in [0.5, 0.6) is 5.75 Å². The Morgan fingerprint density at radius 3 is 2.86 bits per heavy atom. The topological polar surface area (TPSA) is 50.7 Å². The molecule has 0 aromatic heterocycles. The fourth-order valence-corrected chi connectivity index (χ4v) is 0.834. The van der Waals surface area contributed by atoms with Gasteiger partial charge in [0, 0.05) is 6.21 Å². The molecule has 0 saturated heterocycles. The minimum Gasteiger partial charge on any atom is -0.484 e. The normalized spacial score (nSPS) is 10.1. The third-order valence-electron chi connectivity index (χ3n) is 1.43. The minimum absolute atomic E-state index is 0.0264. The number of carbonyl (C=O) groups is 1. The van der Waals surface area contributed by atoms with Gasteiger partial charge in [-0.3, -0.25) is 4.79 Å². The van der Waals surface area contributed by atoms with E-state index in [0.717, 1.165) is 0 Å². The first kappa shape index (κ1) is 10.2. The summed E-state index contributed by atoms with van der Waals surface area (Å²) in [6, 6.07) is 9.15. The maximum Gasteiger partial charge on any atom is 0.277 e. The molecular formula is C10H12N2O2. The third-order valence-corrected chi connectivity index (χ3v) is 1.43. The van der Waals surface area contributed by atoms with E-state index in [0.29, 0.717) is 5.75 Å². The second kappa shape index (κ2) is 5.75. The molecule has 0 spiro atoms. The lowest BCUT2D eigenvalue weighted by atomic mass is 10.3. The van der Waals surface area contributed by atoms with Crippen LogP contribution < -0.4 is 10.2 Å². The van der Waals surface area contributed by atoms with Gasteiger partial charge in [0.15, 0.2) is 6.61 Å². The van der Waals surface area contributed by atoms with Crippen LogP contribution in [-0.2, 0) is 4.79 Å². The molecule has 14 heavy (non-hydrogen) atoms. The van der Waals surface area contributed by atoms with Gasteiger partial charge in [-0.05, 0) is 19.1 Å². The number of hydrazone groups is 1. The number of carbonyl (C=O) groups excluding carboxylic acids is 1. The van der Waals surface area contributed by atoms with E-state index in [1.54, 1.807) is 19.1 Å². The molecule has 0 bridgehead atoms. The van der Waals surface area contributed by atoms with Crippen LogP contribution in [0.4, 0.5) is 0 Å². The average molecular weight is 192 g/mol. The van der Waals surface area contributed by atoms with Crippen LogP contribution in [-0.4, -0.2) is 18.7 Å². The summed E-state index contributed by atoms with van der Waals surface area (Å²) in [7, 11) is 0. The molecule has 0 fully saturated rings. The van der Waals surface area contributed by atoms with Crippen molar-refractivity contribution in [2.45, 2.75) is 6.92 Å². The Morgan fingerprint density at radius 1 is 1.50 bits per heavy atom. The Kier molecular flexibility index (Phi) is 4.20. The number of rotatable bonds is 4. The summed E-state index contributed by atoms with van der Waals surface area (Å²) in [5.41, 5.74) is 2.31. The summed E-state index contributed by atoms with van der Waals surface area (Å²) < 4.78 is 5.18. The Morgan fingerprint density at radius 2 is 2.21 bits per heavy atom. The molecule has 4 heteroatoms. The number of nitrogens with one attached hydrogen (secondary N) is 1. The van der Waals surface area contributed by atoms with Crippen molar-refractivity contribution in [1.82, 2.24) is 5.43 Å². The number of nitrogens with zero attached hydrogens (tertiary/aromatic N) is 1. The van der Waals surface area contributed by atoms with Gasteiger partial charge in [0.1, 0.15) is 5.75 Å². The third kappa shape index (κ3) is 3.71. The summed E-state index contributed by atoms with van der Waals surface area (Å²) >= 11 is 0. The molecule has 1 aromatic carbocycles. The van der Waals surface area contributed by atoms with Gasteiger partial charge in [-0.15, -0.1) is 0 Å². The lowest BCUT2D eigenvalue weighted by Gasteiger charge is -2.03. The Hall–Kier alpha value is -1.84. The molecule has 74 valence electrons. The van der Waals surface area contributed by atoms with Gasteiger partial charge >= 0.3 is 0 Å². The van der Waals surface area contributed by atoms with Crippen molar-refractivity contribution in [2.75, 3.05) is 6.61 Å². The van der Waals surface area contributed by atoms with Crippen LogP contribution in [0.25, 0.3) is 0 Å². The lowest BCUT2D eigenvalue weighted by molar-refractivity contribution is -0.123. The lowest BCUT2D eigenvalue weighted by Crippen LogP contribution is -2.24. The van der Waals surface area contributed by atoms with E-state index in [4.69, 9.17) is 4.74 Å². The predicted molar refractivity (Wildman–Crippen MR) is 54.2 cm³/mol. The van der Waals surface area contributed by atoms with Gasteiger partial charge in [0.25, 0.3) is 5.91 Å². The zero-order chi connectivity index (χ0) is 10.2. The van der Waals surface area contributed by atoms with E-state index in [-0.39, 0.29) is 12.5 Å². The van der Waals surface area contributed by atoms with Crippen LogP contribution in [0.1, 0.15) is 6.92 Å². The maximum absolute atomic E-state index is 11.0. The molecule has 0 unspecified atom stereocenters. The van der Waals surface area contributed by atoms with E-state index < -0.39 is 0 Å². The maximum atomic E-state index is 11.0. The van der Waals surface area contributed by atoms with Crippen LogP contribution >= 0.6 is 0 Å². The molecule has 0 atom stereocenters. The number of hydrogen-bond acceptors (Lipinski definition) is 3. The van der Waals surface area contributed by atoms with Crippen molar-refractivity contribution in [2.24, 2.45) is 5.10 Å². The fraction of sp³-hybridized carbons (Fsp3) is 0.200. The first-order chi connectivity index (χ1) is 6.83. The molecule has 1 aromatic rings. The number of amides is 1. The standard InChI is InChI=1S/C10H12N2O2/c1-2-11-12-10(13)8-14-9-6-4-3-5-7-9/h2-7H,8H2,1H3,(H,12,13)/b11-2+. The van der Waals surface area contributed by atoms with Gasteiger partial charge in [-0.25, -0.2) is 5.43 Å². The smallest absolute Gasteiger partial charge is 0.277 e. The Bertz CT molecular complexity index is 309. The van der Waals surface area contributed by atoms with E-state index in [9.17, 15) is 4.79 Å². The van der Waals surface area contributed by atoms with Gasteiger partial charge in [0.2, 0.25) is 0 Å². The van der Waals surface area contributed by atoms with Gasteiger partial charge in [-0.1, -0.05) is 18.2 Å². The molecule has 1 N–H and O–H groups in total. The summed E-state index contributed by atoms with van der Waals surface area (Å²) in [5.74, 6) is 0.398. The second-order valence-electron chi connectivity index (χ2n) is 2.52. The first-order valence-electron chi connectivity index (χ1n) is 4.27. The number of para-hydroxylation sites is 1. The van der Waals surface area contributed by atoms with Crippen LogP contribution in [0.2, 0.25) is 0 Å². The Balaban J connectivity index is 2.31. The van der Waals surface area contributed by atoms with Crippen LogP contribution in [0.3, 0.4) is 0 Å². The van der Waals surface area contributed by atoms with E-state index in [1.165, 1.54) is 6.21 Å². The molecule has 0 aliphatic heterocycles. The second-order valence-corrected chi connectivity index (χ2v) is 2.52. The molecule has 0 radical (unpaired) electrons. The summed E-state index contributed by atoms with van der Waals surface area (Å²) in [6.45, 7) is 1.69. The zero-order valence-electron chi connectivity index (χ0n) is 7.93. The summed E-state index contributed by atoms with van der Waals surface area (Å²) in [5, 5.41) is 3.58. The molecule has 1 rings (SSSR count). The molecule has 4 nitrogen and oxygen atoms in total. The van der Waals surface area contributed by atoms with E-state index >= 15 is 0 Å². The minimum atomic E-state index is -0.271. The summed E-state index contributed by atoms with van der Waals surface area (Å²) in [6.07, 6.45) is 1.50. The predicted octanol–water partition coefficient (Wildman–Crippen LogP) is 1.19. The molecular weight excluding hydrogens is 180 g/mol. The van der Waals surface area contributed by atoms with Crippen LogP contribution in [0, 0.1) is 0 Å². The van der Waals surface area contributed by atoms with Gasteiger partial charge < -0.3 is 4.74 Å².